The van der Waals surface area contributed by atoms with Crippen molar-refractivity contribution >= 4 is 17.3 Å². The molecule has 1 amide bonds. The third kappa shape index (κ3) is 3.30. The highest BCUT2D eigenvalue weighted by Gasteiger charge is 2.34. The van der Waals surface area contributed by atoms with Crippen molar-refractivity contribution in [3.63, 3.8) is 0 Å². The van der Waals surface area contributed by atoms with E-state index >= 15 is 0 Å². The molecule has 2 rings (SSSR count). The molecular formula is C19H25NO4. The van der Waals surface area contributed by atoms with Crippen LogP contribution in [0.2, 0.25) is 0 Å². The molecule has 24 heavy (non-hydrogen) atoms. The van der Waals surface area contributed by atoms with E-state index in [1.165, 1.54) is 12.1 Å². The number of phenols is 2. The second-order valence-electron chi connectivity index (χ2n) is 6.17. The van der Waals surface area contributed by atoms with Crippen LogP contribution in [0, 0.1) is 5.92 Å². The maximum absolute atomic E-state index is 12.8. The highest BCUT2D eigenvalue weighted by atomic mass is 16.3. The second kappa shape index (κ2) is 7.51. The van der Waals surface area contributed by atoms with Crippen LogP contribution in [-0.2, 0) is 4.79 Å². The topological polar surface area (TPSA) is 86.6 Å². The number of aromatic hydroxyl groups is 2. The number of rotatable bonds is 7. The normalized spacial score (nSPS) is 13.6. The molecule has 0 saturated heterocycles. The van der Waals surface area contributed by atoms with Gasteiger partial charge in [-0.3, -0.25) is 9.59 Å². The van der Waals surface area contributed by atoms with E-state index in [1.807, 2.05) is 20.8 Å². The molecule has 1 aliphatic carbocycles. The van der Waals surface area contributed by atoms with Crippen LogP contribution in [0.3, 0.4) is 0 Å². The minimum absolute atomic E-state index is 0.0978. The fraction of sp³-hybridized carbons (Fsp3) is 0.474. The highest BCUT2D eigenvalue weighted by molar-refractivity contribution is 6.22. The van der Waals surface area contributed by atoms with E-state index in [0.29, 0.717) is 23.2 Å². The smallest absolute Gasteiger partial charge is 0.224 e. The summed E-state index contributed by atoms with van der Waals surface area (Å²) in [5.74, 6) is -0.967. The van der Waals surface area contributed by atoms with Crippen molar-refractivity contribution in [1.82, 2.24) is 5.32 Å². The van der Waals surface area contributed by atoms with Gasteiger partial charge in [-0.1, -0.05) is 27.2 Å². The molecule has 0 aliphatic heterocycles. The number of fused-ring (bicyclic) bond motifs is 1. The largest absolute Gasteiger partial charge is 0.504 e. The molecule has 0 fully saturated rings. The van der Waals surface area contributed by atoms with E-state index in [4.69, 9.17) is 0 Å². The monoisotopic (exact) mass is 331 g/mol. The summed E-state index contributed by atoms with van der Waals surface area (Å²) in [7, 11) is 0. The van der Waals surface area contributed by atoms with Crippen LogP contribution >= 0.6 is 0 Å². The molecule has 0 aromatic heterocycles. The van der Waals surface area contributed by atoms with Gasteiger partial charge in [-0.05, 0) is 48.4 Å². The van der Waals surface area contributed by atoms with Crippen LogP contribution in [0.4, 0.5) is 0 Å². The SMILES string of the molecule is CCCCC(=O)NC1=C(C(CC)CC)c2cc(O)c(O)cc2C1=O. The standard InChI is InChI=1S/C19H25NO4/c1-4-7-8-16(23)20-18-17(11(5-2)6-3)12-9-14(21)15(22)10-13(12)19(18)24/h9-11,21-22H,4-8H2,1-3H3,(H,20,23,24). The molecule has 3 N–H and O–H groups in total. The molecule has 0 spiro atoms. The summed E-state index contributed by atoms with van der Waals surface area (Å²) in [4.78, 5) is 24.9. The average Bonchev–Trinajstić information content (AvgIpc) is 2.80. The van der Waals surface area contributed by atoms with Crippen LogP contribution < -0.4 is 5.32 Å². The number of hydrogen-bond acceptors (Lipinski definition) is 4. The molecule has 0 saturated carbocycles. The van der Waals surface area contributed by atoms with Crippen molar-refractivity contribution in [2.45, 2.75) is 52.9 Å². The van der Waals surface area contributed by atoms with Gasteiger partial charge >= 0.3 is 0 Å². The Morgan fingerprint density at radius 1 is 1.08 bits per heavy atom. The summed E-state index contributed by atoms with van der Waals surface area (Å²) in [6.07, 6.45) is 3.67. The molecule has 5 nitrogen and oxygen atoms in total. The first kappa shape index (κ1) is 18.0. The van der Waals surface area contributed by atoms with Crippen molar-refractivity contribution in [2.24, 2.45) is 5.92 Å². The minimum Gasteiger partial charge on any atom is -0.504 e. The van der Waals surface area contributed by atoms with Gasteiger partial charge in [-0.15, -0.1) is 0 Å². The van der Waals surface area contributed by atoms with Gasteiger partial charge in [-0.2, -0.15) is 0 Å². The lowest BCUT2D eigenvalue weighted by molar-refractivity contribution is -0.120. The number of unbranched alkanes of at least 4 members (excludes halogenated alkanes) is 1. The molecule has 5 heteroatoms. The molecule has 1 aromatic rings. The summed E-state index contributed by atoms with van der Waals surface area (Å²) in [6, 6.07) is 2.70. The van der Waals surface area contributed by atoms with E-state index in [0.717, 1.165) is 31.3 Å². The first-order valence-electron chi connectivity index (χ1n) is 8.59. The number of carbonyl (C=O) groups is 2. The average molecular weight is 331 g/mol. The Balaban J connectivity index is 2.49. The van der Waals surface area contributed by atoms with Gasteiger partial charge in [-0.25, -0.2) is 0 Å². The molecule has 130 valence electrons. The molecule has 1 aromatic carbocycles. The molecule has 0 unspecified atom stereocenters. The predicted molar refractivity (Wildman–Crippen MR) is 92.8 cm³/mol. The Bertz CT molecular complexity index is 687. The molecular weight excluding hydrogens is 306 g/mol. The van der Waals surface area contributed by atoms with Crippen molar-refractivity contribution in [1.29, 1.82) is 0 Å². The van der Waals surface area contributed by atoms with Gasteiger partial charge in [0.25, 0.3) is 0 Å². The summed E-state index contributed by atoms with van der Waals surface area (Å²) in [5, 5.41) is 22.3. The highest BCUT2D eigenvalue weighted by Crippen LogP contribution is 2.43. The fourth-order valence-corrected chi connectivity index (χ4v) is 3.16. The zero-order valence-corrected chi connectivity index (χ0v) is 14.5. The third-order valence-electron chi connectivity index (χ3n) is 4.56. The summed E-state index contributed by atoms with van der Waals surface area (Å²) < 4.78 is 0. The van der Waals surface area contributed by atoms with Crippen molar-refractivity contribution in [2.75, 3.05) is 0 Å². The Morgan fingerprint density at radius 2 is 1.67 bits per heavy atom. The summed E-state index contributed by atoms with van der Waals surface area (Å²) in [5.41, 5.74) is 2.00. The third-order valence-corrected chi connectivity index (χ3v) is 4.56. The second-order valence-corrected chi connectivity index (χ2v) is 6.17. The quantitative estimate of drug-likeness (QED) is 0.664. The number of phenolic OH excluding ortho intramolecular Hbond substituents is 2. The number of carbonyl (C=O) groups excluding carboxylic acids is 2. The first-order valence-corrected chi connectivity index (χ1v) is 8.59. The molecule has 0 bridgehead atoms. The van der Waals surface area contributed by atoms with E-state index in [2.05, 4.69) is 5.32 Å². The zero-order chi connectivity index (χ0) is 17.9. The van der Waals surface area contributed by atoms with Crippen LogP contribution in [0.1, 0.15) is 68.8 Å². The van der Waals surface area contributed by atoms with Crippen molar-refractivity contribution in [3.8, 4) is 11.5 Å². The van der Waals surface area contributed by atoms with Gasteiger partial charge in [0.05, 0.1) is 5.70 Å². The first-order chi connectivity index (χ1) is 11.4. The van der Waals surface area contributed by atoms with E-state index in [-0.39, 0.29) is 29.1 Å². The molecule has 0 heterocycles. The zero-order valence-electron chi connectivity index (χ0n) is 14.5. The van der Waals surface area contributed by atoms with E-state index in [9.17, 15) is 19.8 Å². The molecule has 1 aliphatic rings. The van der Waals surface area contributed by atoms with Crippen LogP contribution in [0.25, 0.3) is 5.57 Å². The van der Waals surface area contributed by atoms with Crippen molar-refractivity contribution < 1.29 is 19.8 Å². The predicted octanol–water partition coefficient (Wildman–Crippen LogP) is 3.75. The van der Waals surface area contributed by atoms with Crippen molar-refractivity contribution in [3.05, 3.63) is 29.0 Å². The number of amides is 1. The Hall–Kier alpha value is -2.30. The number of benzene rings is 1. The maximum Gasteiger partial charge on any atom is 0.224 e. The Morgan fingerprint density at radius 3 is 2.21 bits per heavy atom. The van der Waals surface area contributed by atoms with Crippen LogP contribution in [0.5, 0.6) is 11.5 Å². The summed E-state index contributed by atoms with van der Waals surface area (Å²) >= 11 is 0. The van der Waals surface area contributed by atoms with E-state index in [1.54, 1.807) is 0 Å². The fourth-order valence-electron chi connectivity index (χ4n) is 3.16. The molecule has 0 radical (unpaired) electrons. The number of allylic oxidation sites excluding steroid dienone is 2. The number of Topliss-reactive ketones (excluding diaryl/α,β-unsaturated/α-hetero) is 1. The van der Waals surface area contributed by atoms with Gasteiger partial charge in [0, 0.05) is 12.0 Å². The number of ketones is 1. The maximum atomic E-state index is 12.8. The minimum atomic E-state index is -0.329. The Kier molecular flexibility index (Phi) is 5.65. The van der Waals surface area contributed by atoms with Gasteiger partial charge in [0.2, 0.25) is 11.7 Å². The van der Waals surface area contributed by atoms with Gasteiger partial charge in [0.15, 0.2) is 11.5 Å². The lowest BCUT2D eigenvalue weighted by Gasteiger charge is -2.18. The van der Waals surface area contributed by atoms with Gasteiger partial charge in [0.1, 0.15) is 0 Å². The lowest BCUT2D eigenvalue weighted by Crippen LogP contribution is -2.27. The van der Waals surface area contributed by atoms with Gasteiger partial charge < -0.3 is 15.5 Å². The van der Waals surface area contributed by atoms with E-state index < -0.39 is 0 Å². The van der Waals surface area contributed by atoms with Crippen LogP contribution in [0.15, 0.2) is 17.8 Å². The van der Waals surface area contributed by atoms with Crippen LogP contribution in [-0.4, -0.2) is 21.9 Å². The lowest BCUT2D eigenvalue weighted by atomic mass is 9.89. The Labute approximate surface area is 142 Å². The molecule has 0 atom stereocenters. The number of hydrogen-bond donors (Lipinski definition) is 3. The number of nitrogens with one attached hydrogen (secondary N) is 1. The summed E-state index contributed by atoms with van der Waals surface area (Å²) in [6.45, 7) is 6.06.